The fourth-order valence-corrected chi connectivity index (χ4v) is 2.54. The first-order valence-corrected chi connectivity index (χ1v) is 6.89. The number of hydrogen-bond donors (Lipinski definition) is 1. The Labute approximate surface area is 100 Å². The maximum atomic E-state index is 5.84. The third-order valence-corrected chi connectivity index (χ3v) is 3.87. The van der Waals surface area contributed by atoms with Gasteiger partial charge in [-0.15, -0.1) is 0 Å². The van der Waals surface area contributed by atoms with Crippen LogP contribution in [0.2, 0.25) is 0 Å². The highest BCUT2D eigenvalue weighted by Crippen LogP contribution is 2.38. The molecule has 0 aromatic carbocycles. The van der Waals surface area contributed by atoms with Crippen LogP contribution in [0.1, 0.15) is 52.9 Å². The first-order valence-electron chi connectivity index (χ1n) is 6.26. The average molecular weight is 230 g/mol. The van der Waals surface area contributed by atoms with Gasteiger partial charge in [0.05, 0.1) is 6.10 Å². The minimum atomic E-state index is 0.482. The van der Waals surface area contributed by atoms with Gasteiger partial charge in [-0.2, -0.15) is 12.6 Å². The number of rotatable bonds is 4. The third kappa shape index (κ3) is 4.78. The summed E-state index contributed by atoms with van der Waals surface area (Å²) in [6.07, 6.45) is 6.82. The molecule has 1 nitrogen and oxygen atoms in total. The second-order valence-electron chi connectivity index (χ2n) is 5.79. The summed E-state index contributed by atoms with van der Waals surface area (Å²) in [5.41, 5.74) is 0.482. The highest BCUT2D eigenvalue weighted by Gasteiger charge is 2.29. The molecule has 15 heavy (non-hydrogen) atoms. The maximum Gasteiger partial charge on any atom is 0.0575 e. The lowest BCUT2D eigenvalue weighted by atomic mass is 9.72. The molecule has 1 aliphatic carbocycles. The SMILES string of the molecule is CC(C)(C)C1CCC(OCCCS)CC1. The van der Waals surface area contributed by atoms with Crippen LogP contribution in [-0.4, -0.2) is 18.5 Å². The van der Waals surface area contributed by atoms with Crippen LogP contribution in [0.3, 0.4) is 0 Å². The van der Waals surface area contributed by atoms with Crippen LogP contribution < -0.4 is 0 Å². The van der Waals surface area contributed by atoms with Gasteiger partial charge >= 0.3 is 0 Å². The highest BCUT2D eigenvalue weighted by atomic mass is 32.1. The van der Waals surface area contributed by atoms with E-state index in [0.717, 1.165) is 24.7 Å². The largest absolute Gasteiger partial charge is 0.378 e. The zero-order valence-corrected chi connectivity index (χ0v) is 11.4. The third-order valence-electron chi connectivity index (χ3n) is 3.55. The molecule has 2 heteroatoms. The lowest BCUT2D eigenvalue weighted by Gasteiger charge is -2.36. The lowest BCUT2D eigenvalue weighted by molar-refractivity contribution is 0.00448. The van der Waals surface area contributed by atoms with Crippen molar-refractivity contribution in [1.29, 1.82) is 0 Å². The minimum Gasteiger partial charge on any atom is -0.378 e. The van der Waals surface area contributed by atoms with Gasteiger partial charge in [-0.25, -0.2) is 0 Å². The van der Waals surface area contributed by atoms with Crippen molar-refractivity contribution in [2.24, 2.45) is 11.3 Å². The van der Waals surface area contributed by atoms with Crippen molar-refractivity contribution in [3.63, 3.8) is 0 Å². The normalized spacial score (nSPS) is 28.0. The molecule has 0 saturated heterocycles. The molecule has 1 rings (SSSR count). The second kappa shape index (κ2) is 6.15. The molecule has 0 bridgehead atoms. The first-order chi connectivity index (χ1) is 7.04. The van der Waals surface area contributed by atoms with Crippen molar-refractivity contribution in [1.82, 2.24) is 0 Å². The zero-order chi connectivity index (χ0) is 11.3. The van der Waals surface area contributed by atoms with E-state index in [1.807, 2.05) is 0 Å². The van der Waals surface area contributed by atoms with Gasteiger partial charge in [0.2, 0.25) is 0 Å². The monoisotopic (exact) mass is 230 g/mol. The van der Waals surface area contributed by atoms with Crippen LogP contribution in [0.15, 0.2) is 0 Å². The predicted octanol–water partition coefficient (Wildman–Crippen LogP) is 3.93. The van der Waals surface area contributed by atoms with Gasteiger partial charge in [0.25, 0.3) is 0 Å². The van der Waals surface area contributed by atoms with E-state index >= 15 is 0 Å². The van der Waals surface area contributed by atoms with Gasteiger partial charge in [0.1, 0.15) is 0 Å². The summed E-state index contributed by atoms with van der Waals surface area (Å²) in [7, 11) is 0. The molecular weight excluding hydrogens is 204 g/mol. The van der Waals surface area contributed by atoms with Crippen LogP contribution in [0.25, 0.3) is 0 Å². The molecule has 0 atom stereocenters. The van der Waals surface area contributed by atoms with E-state index in [2.05, 4.69) is 33.4 Å². The van der Waals surface area contributed by atoms with E-state index in [4.69, 9.17) is 4.74 Å². The molecule has 0 N–H and O–H groups in total. The number of thiol groups is 1. The molecule has 1 aliphatic rings. The van der Waals surface area contributed by atoms with Crippen LogP contribution in [0, 0.1) is 11.3 Å². The van der Waals surface area contributed by atoms with Gasteiger partial charge in [-0.1, -0.05) is 20.8 Å². The lowest BCUT2D eigenvalue weighted by Crippen LogP contribution is -2.29. The Balaban J connectivity index is 2.18. The summed E-state index contributed by atoms with van der Waals surface area (Å²) in [5.74, 6) is 1.83. The van der Waals surface area contributed by atoms with Crippen LogP contribution in [0.4, 0.5) is 0 Å². The molecule has 0 unspecified atom stereocenters. The molecule has 0 aromatic heterocycles. The Morgan fingerprint density at radius 2 is 1.73 bits per heavy atom. The van der Waals surface area contributed by atoms with Crippen molar-refractivity contribution < 1.29 is 4.74 Å². The quantitative estimate of drug-likeness (QED) is 0.569. The smallest absolute Gasteiger partial charge is 0.0575 e. The van der Waals surface area contributed by atoms with Crippen molar-refractivity contribution in [3.05, 3.63) is 0 Å². The number of ether oxygens (including phenoxy) is 1. The molecule has 1 saturated carbocycles. The molecule has 1 fully saturated rings. The first kappa shape index (κ1) is 13.4. The summed E-state index contributed by atoms with van der Waals surface area (Å²) in [6.45, 7) is 7.98. The topological polar surface area (TPSA) is 9.23 Å². The summed E-state index contributed by atoms with van der Waals surface area (Å²) in [5, 5.41) is 0. The Hall–Kier alpha value is 0.310. The fraction of sp³-hybridized carbons (Fsp3) is 1.00. The molecule has 90 valence electrons. The summed E-state index contributed by atoms with van der Waals surface area (Å²) in [6, 6.07) is 0. The second-order valence-corrected chi connectivity index (χ2v) is 6.23. The van der Waals surface area contributed by atoms with E-state index in [1.165, 1.54) is 25.7 Å². The van der Waals surface area contributed by atoms with Crippen LogP contribution in [-0.2, 0) is 4.74 Å². The van der Waals surface area contributed by atoms with Gasteiger partial charge in [-0.3, -0.25) is 0 Å². The van der Waals surface area contributed by atoms with E-state index in [-0.39, 0.29) is 0 Å². The van der Waals surface area contributed by atoms with Gasteiger partial charge in [0, 0.05) is 6.61 Å². The molecule has 0 heterocycles. The van der Waals surface area contributed by atoms with Crippen LogP contribution >= 0.6 is 12.6 Å². The zero-order valence-electron chi connectivity index (χ0n) is 10.5. The summed E-state index contributed by atoms with van der Waals surface area (Å²) < 4.78 is 5.84. The van der Waals surface area contributed by atoms with E-state index in [1.54, 1.807) is 0 Å². The van der Waals surface area contributed by atoms with Crippen molar-refractivity contribution in [2.75, 3.05) is 12.4 Å². The van der Waals surface area contributed by atoms with Crippen molar-refractivity contribution >= 4 is 12.6 Å². The van der Waals surface area contributed by atoms with Gasteiger partial charge in [-0.05, 0) is 49.2 Å². The Morgan fingerprint density at radius 3 is 2.20 bits per heavy atom. The molecule has 0 radical (unpaired) electrons. The molecule has 0 aromatic rings. The Kier molecular flexibility index (Phi) is 5.48. The maximum absolute atomic E-state index is 5.84. The fourth-order valence-electron chi connectivity index (χ4n) is 2.41. The van der Waals surface area contributed by atoms with E-state index in [0.29, 0.717) is 11.5 Å². The van der Waals surface area contributed by atoms with Crippen molar-refractivity contribution in [2.45, 2.75) is 59.0 Å². The van der Waals surface area contributed by atoms with Crippen LogP contribution in [0.5, 0.6) is 0 Å². The Bertz CT molecular complexity index is 166. The molecule has 0 aliphatic heterocycles. The summed E-state index contributed by atoms with van der Waals surface area (Å²) >= 11 is 4.19. The summed E-state index contributed by atoms with van der Waals surface area (Å²) in [4.78, 5) is 0. The number of hydrogen-bond acceptors (Lipinski definition) is 2. The molecular formula is C13H26OS. The molecule has 0 amide bonds. The average Bonchev–Trinajstić information content (AvgIpc) is 2.18. The van der Waals surface area contributed by atoms with E-state index in [9.17, 15) is 0 Å². The highest BCUT2D eigenvalue weighted by molar-refractivity contribution is 7.80. The van der Waals surface area contributed by atoms with Crippen molar-refractivity contribution in [3.8, 4) is 0 Å². The Morgan fingerprint density at radius 1 is 1.13 bits per heavy atom. The minimum absolute atomic E-state index is 0.482. The van der Waals surface area contributed by atoms with Gasteiger partial charge < -0.3 is 4.74 Å². The standard InChI is InChI=1S/C13H26OS/c1-13(2,3)11-5-7-12(8-6-11)14-9-4-10-15/h11-12,15H,4-10H2,1-3H3. The predicted molar refractivity (Wildman–Crippen MR) is 69.6 cm³/mol. The molecule has 0 spiro atoms. The van der Waals surface area contributed by atoms with E-state index < -0.39 is 0 Å². The van der Waals surface area contributed by atoms with Gasteiger partial charge in [0.15, 0.2) is 0 Å².